The van der Waals surface area contributed by atoms with E-state index >= 15 is 0 Å². The van der Waals surface area contributed by atoms with Crippen LogP contribution in [0.5, 0.6) is 0 Å². The number of hydrogen-bond donors (Lipinski definition) is 3. The smallest absolute Gasteiger partial charge is 0.317 e. The highest BCUT2D eigenvalue weighted by atomic mass is 16.2. The van der Waals surface area contributed by atoms with Gasteiger partial charge in [0.05, 0.1) is 0 Å². The predicted molar refractivity (Wildman–Crippen MR) is 74.8 cm³/mol. The standard InChI is InChI=1S/C13H24N4O3/c1-13(2,3)16-12(20)17-6-4-9(5-7-17)8-15-11(19)10(14)18/h9H,4-8H2,1-3H3,(H2,14,18)(H,15,19)(H,16,20). The van der Waals surface area contributed by atoms with Crippen molar-refractivity contribution in [2.75, 3.05) is 19.6 Å². The van der Waals surface area contributed by atoms with Crippen molar-refractivity contribution in [1.29, 1.82) is 0 Å². The SMILES string of the molecule is CC(C)(C)NC(=O)N1CCC(CNC(=O)C(N)=O)CC1. The van der Waals surface area contributed by atoms with Crippen LogP contribution < -0.4 is 16.4 Å². The number of piperidine rings is 1. The number of amides is 4. The molecule has 1 fully saturated rings. The van der Waals surface area contributed by atoms with Crippen molar-refractivity contribution in [1.82, 2.24) is 15.5 Å². The van der Waals surface area contributed by atoms with E-state index in [1.54, 1.807) is 4.90 Å². The molecule has 1 aliphatic heterocycles. The molecule has 0 aliphatic carbocycles. The second kappa shape index (κ2) is 6.58. The number of hydrogen-bond acceptors (Lipinski definition) is 3. The zero-order chi connectivity index (χ0) is 15.3. The van der Waals surface area contributed by atoms with Crippen molar-refractivity contribution in [3.05, 3.63) is 0 Å². The first kappa shape index (κ1) is 16.3. The van der Waals surface area contributed by atoms with Crippen molar-refractivity contribution < 1.29 is 14.4 Å². The summed E-state index contributed by atoms with van der Waals surface area (Å²) in [6.45, 7) is 7.56. The van der Waals surface area contributed by atoms with E-state index < -0.39 is 11.8 Å². The summed E-state index contributed by atoms with van der Waals surface area (Å²) in [5.74, 6) is -1.44. The van der Waals surface area contributed by atoms with Crippen LogP contribution in [0.15, 0.2) is 0 Å². The van der Waals surface area contributed by atoms with Crippen molar-refractivity contribution in [3.63, 3.8) is 0 Å². The van der Waals surface area contributed by atoms with Gasteiger partial charge in [-0.05, 0) is 39.5 Å². The van der Waals surface area contributed by atoms with Gasteiger partial charge in [-0.15, -0.1) is 0 Å². The number of nitrogens with two attached hydrogens (primary N) is 1. The first-order chi connectivity index (χ1) is 9.19. The zero-order valence-electron chi connectivity index (χ0n) is 12.4. The van der Waals surface area contributed by atoms with Gasteiger partial charge in [-0.3, -0.25) is 9.59 Å². The van der Waals surface area contributed by atoms with Gasteiger partial charge in [0.25, 0.3) is 0 Å². The molecule has 0 saturated carbocycles. The van der Waals surface area contributed by atoms with Crippen LogP contribution in [0.1, 0.15) is 33.6 Å². The highest BCUT2D eigenvalue weighted by molar-refractivity contribution is 6.34. The van der Waals surface area contributed by atoms with Crippen LogP contribution in [0.25, 0.3) is 0 Å². The van der Waals surface area contributed by atoms with Crippen molar-refractivity contribution in [2.24, 2.45) is 11.7 Å². The molecule has 0 radical (unpaired) electrons. The molecule has 0 aromatic rings. The summed E-state index contributed by atoms with van der Waals surface area (Å²) in [7, 11) is 0. The van der Waals surface area contributed by atoms with Crippen molar-refractivity contribution in [3.8, 4) is 0 Å². The lowest BCUT2D eigenvalue weighted by molar-refractivity contribution is -0.137. The van der Waals surface area contributed by atoms with E-state index in [1.165, 1.54) is 0 Å². The maximum atomic E-state index is 12.0. The van der Waals surface area contributed by atoms with Crippen LogP contribution in [0.3, 0.4) is 0 Å². The lowest BCUT2D eigenvalue weighted by Gasteiger charge is -2.34. The minimum absolute atomic E-state index is 0.0582. The normalized spacial score (nSPS) is 16.6. The predicted octanol–water partition coefficient (Wildman–Crippen LogP) is -0.192. The van der Waals surface area contributed by atoms with Gasteiger partial charge in [0.1, 0.15) is 0 Å². The first-order valence-corrected chi connectivity index (χ1v) is 6.84. The van der Waals surface area contributed by atoms with Crippen molar-refractivity contribution in [2.45, 2.75) is 39.2 Å². The summed E-state index contributed by atoms with van der Waals surface area (Å²) < 4.78 is 0. The van der Waals surface area contributed by atoms with E-state index in [1.807, 2.05) is 20.8 Å². The Kier molecular flexibility index (Phi) is 5.35. The molecule has 1 saturated heterocycles. The molecular weight excluding hydrogens is 260 g/mol. The third-order valence-corrected chi connectivity index (χ3v) is 3.16. The molecule has 0 aromatic heterocycles. The number of nitrogens with one attached hydrogen (secondary N) is 2. The van der Waals surface area contributed by atoms with E-state index in [2.05, 4.69) is 10.6 Å². The average molecular weight is 284 g/mol. The molecule has 0 unspecified atom stereocenters. The highest BCUT2D eigenvalue weighted by Gasteiger charge is 2.25. The van der Waals surface area contributed by atoms with Gasteiger partial charge in [0.15, 0.2) is 0 Å². The largest absolute Gasteiger partial charge is 0.361 e. The maximum absolute atomic E-state index is 12.0. The van der Waals surface area contributed by atoms with Crippen LogP contribution in [-0.4, -0.2) is 47.9 Å². The fourth-order valence-corrected chi connectivity index (χ4v) is 2.06. The van der Waals surface area contributed by atoms with Gasteiger partial charge in [-0.2, -0.15) is 0 Å². The van der Waals surface area contributed by atoms with Gasteiger partial charge in [-0.1, -0.05) is 0 Å². The maximum Gasteiger partial charge on any atom is 0.317 e. The van der Waals surface area contributed by atoms with Gasteiger partial charge in [0, 0.05) is 25.2 Å². The monoisotopic (exact) mass is 284 g/mol. The highest BCUT2D eigenvalue weighted by Crippen LogP contribution is 2.17. The molecule has 1 rings (SSSR count). The molecule has 7 heteroatoms. The van der Waals surface area contributed by atoms with Crippen LogP contribution in [0, 0.1) is 5.92 Å². The van der Waals surface area contributed by atoms with E-state index in [0.29, 0.717) is 19.6 Å². The minimum Gasteiger partial charge on any atom is -0.361 e. The molecule has 114 valence electrons. The summed E-state index contributed by atoms with van der Waals surface area (Å²) in [4.78, 5) is 35.4. The molecule has 0 bridgehead atoms. The third-order valence-electron chi connectivity index (χ3n) is 3.16. The van der Waals surface area contributed by atoms with Gasteiger partial charge in [0.2, 0.25) is 0 Å². The Hall–Kier alpha value is -1.79. The molecule has 1 aliphatic rings. The van der Waals surface area contributed by atoms with E-state index in [-0.39, 0.29) is 17.5 Å². The molecule has 4 amide bonds. The fraction of sp³-hybridized carbons (Fsp3) is 0.769. The first-order valence-electron chi connectivity index (χ1n) is 6.84. The molecule has 4 N–H and O–H groups in total. The van der Waals surface area contributed by atoms with Crippen LogP contribution >= 0.6 is 0 Å². The average Bonchev–Trinajstić information content (AvgIpc) is 2.34. The number of carbonyl (C=O) groups excluding carboxylic acids is 3. The van der Waals surface area contributed by atoms with Gasteiger partial charge >= 0.3 is 17.8 Å². The van der Waals surface area contributed by atoms with Gasteiger partial charge < -0.3 is 21.3 Å². The van der Waals surface area contributed by atoms with Crippen LogP contribution in [-0.2, 0) is 9.59 Å². The Bertz CT molecular complexity index is 382. The number of urea groups is 1. The Morgan fingerprint density at radius 3 is 2.20 bits per heavy atom. The third kappa shape index (κ3) is 5.46. The Labute approximate surface area is 119 Å². The molecule has 0 spiro atoms. The number of primary amides is 1. The number of rotatable bonds is 2. The summed E-state index contributed by atoms with van der Waals surface area (Å²) in [5, 5.41) is 5.43. The Morgan fingerprint density at radius 1 is 1.20 bits per heavy atom. The summed E-state index contributed by atoms with van der Waals surface area (Å²) in [6.07, 6.45) is 1.60. The summed E-state index contributed by atoms with van der Waals surface area (Å²) >= 11 is 0. The van der Waals surface area contributed by atoms with Crippen LogP contribution in [0.2, 0.25) is 0 Å². The Morgan fingerprint density at radius 2 is 1.75 bits per heavy atom. The van der Waals surface area contributed by atoms with Crippen LogP contribution in [0.4, 0.5) is 4.79 Å². The quantitative estimate of drug-likeness (QED) is 0.612. The summed E-state index contributed by atoms with van der Waals surface area (Å²) in [5.41, 5.74) is 4.61. The van der Waals surface area contributed by atoms with Crippen molar-refractivity contribution >= 4 is 17.8 Å². The molecule has 0 atom stereocenters. The number of likely N-dealkylation sites (tertiary alicyclic amines) is 1. The second-order valence-corrected chi connectivity index (χ2v) is 6.18. The summed E-state index contributed by atoms with van der Waals surface area (Å²) in [6, 6.07) is -0.0582. The topological polar surface area (TPSA) is 105 Å². The number of carbonyl (C=O) groups is 3. The van der Waals surface area contributed by atoms with Gasteiger partial charge in [-0.25, -0.2) is 4.79 Å². The second-order valence-electron chi connectivity index (χ2n) is 6.18. The molecular formula is C13H24N4O3. The zero-order valence-corrected chi connectivity index (χ0v) is 12.4. The lowest BCUT2D eigenvalue weighted by atomic mass is 9.97. The Balaban J connectivity index is 2.31. The number of nitrogens with zero attached hydrogens (tertiary/aromatic N) is 1. The molecule has 7 nitrogen and oxygen atoms in total. The molecule has 1 heterocycles. The van der Waals surface area contributed by atoms with E-state index in [0.717, 1.165) is 12.8 Å². The minimum atomic E-state index is -0.966. The fourth-order valence-electron chi connectivity index (χ4n) is 2.06. The van der Waals surface area contributed by atoms with E-state index in [4.69, 9.17) is 5.73 Å². The van der Waals surface area contributed by atoms with E-state index in [9.17, 15) is 14.4 Å². The lowest BCUT2D eigenvalue weighted by Crippen LogP contribution is -2.51. The molecule has 0 aromatic carbocycles. The molecule has 20 heavy (non-hydrogen) atoms.